The zero-order valence-corrected chi connectivity index (χ0v) is 22.7. The van der Waals surface area contributed by atoms with Crippen molar-refractivity contribution in [3.05, 3.63) is 93.6 Å². The van der Waals surface area contributed by atoms with Crippen LogP contribution in [0.3, 0.4) is 0 Å². The SMILES string of the molecule is [2H]C1([2H])N(c2ccc3c(c2)C(C)(C)C2=CC(=[N+]4C([2H])([2H])C([2H])([2H])C4([2H])[2H])C=CC2=C3c2cc(C(=O)OC(C)(C)C)ccc2C(=O)[O-])C([2H])([2H])C1([2H])[2H]. The summed E-state index contributed by atoms with van der Waals surface area (Å²) in [5.41, 5.74) is -0.510. The Morgan fingerprint density at radius 3 is 2.48 bits per heavy atom. The molecule has 2 aromatic rings. The molecule has 4 aliphatic rings. The predicted molar refractivity (Wildman–Crippen MR) is 155 cm³/mol. The van der Waals surface area contributed by atoms with Crippen LogP contribution in [0.5, 0.6) is 0 Å². The van der Waals surface area contributed by atoms with E-state index in [-0.39, 0.29) is 33.7 Å². The van der Waals surface area contributed by atoms with Gasteiger partial charge < -0.3 is 19.5 Å². The second kappa shape index (κ2) is 9.33. The van der Waals surface area contributed by atoms with E-state index in [9.17, 15) is 14.7 Å². The van der Waals surface area contributed by atoms with Crippen LogP contribution in [0.4, 0.5) is 5.69 Å². The maximum absolute atomic E-state index is 13.2. The molecule has 6 rings (SSSR count). The number of benzene rings is 2. The molecular weight excluding hydrogens is 500 g/mol. The van der Waals surface area contributed by atoms with Gasteiger partial charge >= 0.3 is 5.97 Å². The topological polar surface area (TPSA) is 72.7 Å². The first-order valence-electron chi connectivity index (χ1n) is 18.8. The number of hydrogen-bond acceptors (Lipinski definition) is 5. The molecule has 40 heavy (non-hydrogen) atoms. The van der Waals surface area contributed by atoms with Crippen molar-refractivity contribution < 1.29 is 40.5 Å². The van der Waals surface area contributed by atoms with Crippen molar-refractivity contribution in [2.45, 2.75) is 58.4 Å². The highest BCUT2D eigenvalue weighted by molar-refractivity contribution is 6.08. The van der Waals surface area contributed by atoms with Gasteiger partial charge in [0.15, 0.2) is 5.71 Å². The number of carboxylic acid groups (broad SMARTS) is 1. The minimum absolute atomic E-state index is 0.0111. The van der Waals surface area contributed by atoms with Crippen LogP contribution in [-0.2, 0) is 10.2 Å². The van der Waals surface area contributed by atoms with Gasteiger partial charge in [-0.15, -0.1) is 0 Å². The van der Waals surface area contributed by atoms with Crippen molar-refractivity contribution in [2.24, 2.45) is 0 Å². The van der Waals surface area contributed by atoms with Gasteiger partial charge in [-0.25, -0.2) is 9.37 Å². The summed E-state index contributed by atoms with van der Waals surface area (Å²) < 4.78 is 106. The lowest BCUT2D eigenvalue weighted by atomic mass is 9.64. The molecule has 0 spiro atoms. The summed E-state index contributed by atoms with van der Waals surface area (Å²) in [6.45, 7) is -2.54. The number of carbonyl (C=O) groups excluding carboxylic acids is 2. The van der Waals surface area contributed by atoms with Crippen LogP contribution in [0.1, 0.15) is 101 Å². The summed E-state index contributed by atoms with van der Waals surface area (Å²) in [7, 11) is 0. The third-order valence-corrected chi connectivity index (χ3v) is 7.22. The summed E-state index contributed by atoms with van der Waals surface area (Å²) in [6.07, 6.45) is -1.38. The van der Waals surface area contributed by atoms with Crippen molar-refractivity contribution in [2.75, 3.05) is 30.9 Å². The highest BCUT2D eigenvalue weighted by Gasteiger charge is 2.40. The average molecular weight is 549 g/mol. The molecule has 0 amide bonds. The van der Waals surface area contributed by atoms with E-state index in [0.29, 0.717) is 31.7 Å². The molecule has 2 saturated heterocycles. The van der Waals surface area contributed by atoms with Crippen LogP contribution in [0.15, 0.2) is 65.8 Å². The Morgan fingerprint density at radius 2 is 1.77 bits per heavy atom. The van der Waals surface area contributed by atoms with Gasteiger partial charge in [0.25, 0.3) is 0 Å². The summed E-state index contributed by atoms with van der Waals surface area (Å²) in [4.78, 5) is 26.5. The lowest BCUT2D eigenvalue weighted by Gasteiger charge is -2.41. The zero-order chi connectivity index (χ0) is 39.2. The summed E-state index contributed by atoms with van der Waals surface area (Å²) >= 11 is 0. The van der Waals surface area contributed by atoms with E-state index in [1.165, 1.54) is 54.6 Å². The highest BCUT2D eigenvalue weighted by Crippen LogP contribution is 2.51. The number of rotatable bonds is 4. The monoisotopic (exact) mass is 548 g/mol. The minimum atomic E-state index is -2.88. The van der Waals surface area contributed by atoms with E-state index < -0.39 is 61.7 Å². The van der Waals surface area contributed by atoms with Gasteiger partial charge in [-0.1, -0.05) is 26.0 Å². The predicted octanol–water partition coefficient (Wildman–Crippen LogP) is 4.66. The molecule has 6 nitrogen and oxygen atoms in total. The van der Waals surface area contributed by atoms with E-state index in [0.717, 1.165) is 0 Å². The van der Waals surface area contributed by atoms with Crippen LogP contribution >= 0.6 is 0 Å². The Morgan fingerprint density at radius 1 is 1.02 bits per heavy atom. The maximum Gasteiger partial charge on any atom is 0.338 e. The van der Waals surface area contributed by atoms with Gasteiger partial charge in [-0.3, -0.25) is 0 Å². The number of fused-ring (bicyclic) bond motifs is 2. The maximum atomic E-state index is 13.2. The third kappa shape index (κ3) is 4.40. The minimum Gasteiger partial charge on any atom is -0.545 e. The molecule has 0 aromatic heterocycles. The van der Waals surface area contributed by atoms with Gasteiger partial charge in [-0.2, -0.15) is 0 Å². The molecule has 0 saturated carbocycles. The Balaban J connectivity index is 1.67. The zero-order valence-electron chi connectivity index (χ0n) is 34.7. The fraction of sp³-hybridized carbons (Fsp3) is 0.382. The number of anilines is 1. The largest absolute Gasteiger partial charge is 0.545 e. The number of esters is 1. The van der Waals surface area contributed by atoms with E-state index in [1.807, 2.05) is 0 Å². The molecule has 2 aliphatic carbocycles. The van der Waals surface area contributed by atoms with Crippen molar-refractivity contribution in [1.82, 2.24) is 0 Å². The van der Waals surface area contributed by atoms with Gasteiger partial charge in [0.05, 0.1) is 17.9 Å². The molecule has 6 heteroatoms. The molecule has 0 N–H and O–H groups in total. The molecule has 2 aromatic carbocycles. The molecule has 0 bridgehead atoms. The van der Waals surface area contributed by atoms with Crippen molar-refractivity contribution in [1.29, 1.82) is 0 Å². The second-order valence-corrected chi connectivity index (χ2v) is 11.4. The van der Waals surface area contributed by atoms with Crippen molar-refractivity contribution in [3.8, 4) is 0 Å². The normalized spacial score (nSPS) is 31.3. The highest BCUT2D eigenvalue weighted by atomic mass is 16.6. The fourth-order valence-electron chi connectivity index (χ4n) is 5.27. The Bertz CT molecular complexity index is 2070. The molecule has 2 fully saturated rings. The van der Waals surface area contributed by atoms with Crippen LogP contribution in [-0.4, -0.2) is 53.8 Å². The van der Waals surface area contributed by atoms with Gasteiger partial charge in [0.1, 0.15) is 24.1 Å². The van der Waals surface area contributed by atoms with E-state index in [1.54, 1.807) is 34.6 Å². The number of allylic oxidation sites excluding steroid dienone is 5. The first-order valence-corrected chi connectivity index (χ1v) is 12.8. The summed E-state index contributed by atoms with van der Waals surface area (Å²) in [5.74, 6) is -2.32. The van der Waals surface area contributed by atoms with Crippen LogP contribution in [0.2, 0.25) is 0 Å². The summed E-state index contributed by atoms with van der Waals surface area (Å²) in [6, 6.07) is 8.21. The van der Waals surface area contributed by atoms with Crippen LogP contribution in [0, 0.1) is 0 Å². The molecule has 0 atom stereocenters. The van der Waals surface area contributed by atoms with Crippen LogP contribution < -0.4 is 10.0 Å². The second-order valence-electron chi connectivity index (χ2n) is 11.4. The molecule has 206 valence electrons. The molecular formula is C34H36N2O4. The number of nitrogens with zero attached hydrogens (tertiary/aromatic N) is 2. The Kier molecular flexibility index (Phi) is 3.67. The number of aromatic carboxylic acids is 1. The smallest absolute Gasteiger partial charge is 0.338 e. The first kappa shape index (κ1) is 15.8. The molecule has 2 aliphatic heterocycles. The van der Waals surface area contributed by atoms with Crippen LogP contribution in [0.25, 0.3) is 5.57 Å². The van der Waals surface area contributed by atoms with Gasteiger partial charge in [0, 0.05) is 52.8 Å². The number of carboxylic acids is 1. The average Bonchev–Trinajstić information content (AvgIpc) is 2.99. The quantitative estimate of drug-likeness (QED) is 0.411. The first-order chi connectivity index (χ1) is 23.5. The van der Waals surface area contributed by atoms with Gasteiger partial charge in [-0.05, 0) is 90.9 Å². The summed E-state index contributed by atoms with van der Waals surface area (Å²) in [5, 5.41) is 12.6. The Hall–Kier alpha value is -3.93. The molecule has 0 radical (unpaired) electrons. The van der Waals surface area contributed by atoms with Crippen molar-refractivity contribution in [3.63, 3.8) is 0 Å². The van der Waals surface area contributed by atoms with E-state index >= 15 is 0 Å². The Labute approximate surface area is 252 Å². The lowest BCUT2D eigenvalue weighted by Crippen LogP contribution is -2.38. The van der Waals surface area contributed by atoms with E-state index in [4.69, 9.17) is 21.2 Å². The van der Waals surface area contributed by atoms with Crippen molar-refractivity contribution >= 4 is 28.9 Å². The third-order valence-electron chi connectivity index (χ3n) is 7.22. The van der Waals surface area contributed by atoms with E-state index in [2.05, 4.69) is 0 Å². The number of carbonyl (C=O) groups is 2. The number of hydrogen-bond donors (Lipinski definition) is 0. The molecule has 2 heterocycles. The number of ether oxygens (including phenoxy) is 1. The fourth-order valence-corrected chi connectivity index (χ4v) is 5.27. The van der Waals surface area contributed by atoms with Gasteiger partial charge in [0.2, 0.25) is 0 Å². The standard InChI is InChI=1S/C34H36N2O4/c1-33(2,3)40-32(39)21-8-11-24(31(37)38)27(18-21)30-25-12-9-22(35-14-6-15-35)19-28(25)34(4,5)29-20-23(10-13-26(29)30)36-16-7-17-36/h8-13,18-20H,6-7,14-17H2,1-5H3/i6D2,7D2,14D2,15D2,16D2,17D2. The lowest BCUT2D eigenvalue weighted by molar-refractivity contribution is -0.582. The molecule has 0 unspecified atom stereocenters.